The van der Waals surface area contributed by atoms with Gasteiger partial charge in [0, 0.05) is 4.47 Å². The lowest BCUT2D eigenvalue weighted by Gasteiger charge is -2.09. The van der Waals surface area contributed by atoms with Gasteiger partial charge in [0.1, 0.15) is 0 Å². The van der Waals surface area contributed by atoms with Crippen molar-refractivity contribution in [3.05, 3.63) is 62.5 Å². The summed E-state index contributed by atoms with van der Waals surface area (Å²) in [4.78, 5) is 23.6. The van der Waals surface area contributed by atoms with E-state index in [1.54, 1.807) is 36.4 Å². The number of anilines is 1. The first kappa shape index (κ1) is 16.8. The first-order chi connectivity index (χ1) is 10.5. The van der Waals surface area contributed by atoms with Gasteiger partial charge in [-0.1, -0.05) is 51.3 Å². The molecule has 1 N–H and O–H groups in total. The third-order valence-corrected chi connectivity index (χ3v) is 3.77. The van der Waals surface area contributed by atoms with Gasteiger partial charge >= 0.3 is 5.97 Å². The van der Waals surface area contributed by atoms with E-state index in [9.17, 15) is 9.59 Å². The van der Waals surface area contributed by atoms with Gasteiger partial charge in [0.25, 0.3) is 5.91 Å². The number of amides is 1. The fraction of sp³-hybridized carbons (Fsp3) is 0.0667. The molecule has 0 unspecified atom stereocenters. The normalized spacial score (nSPS) is 10.1. The zero-order valence-electron chi connectivity index (χ0n) is 11.1. The molecule has 0 radical (unpaired) electrons. The van der Waals surface area contributed by atoms with Crippen molar-refractivity contribution in [2.45, 2.75) is 0 Å². The van der Waals surface area contributed by atoms with Crippen molar-refractivity contribution in [1.82, 2.24) is 0 Å². The van der Waals surface area contributed by atoms with Crippen molar-refractivity contribution in [3.63, 3.8) is 0 Å². The molecule has 4 nitrogen and oxygen atoms in total. The Hall–Kier alpha value is -1.56. The van der Waals surface area contributed by atoms with Crippen LogP contribution in [0.4, 0.5) is 5.69 Å². The minimum Gasteiger partial charge on any atom is -0.452 e. The van der Waals surface area contributed by atoms with Crippen LogP contribution in [0.25, 0.3) is 0 Å². The number of carbonyl (C=O) groups excluding carboxylic acids is 2. The number of rotatable bonds is 4. The van der Waals surface area contributed by atoms with Gasteiger partial charge in [-0.3, -0.25) is 4.79 Å². The Kier molecular flexibility index (Phi) is 5.83. The first-order valence-electron chi connectivity index (χ1n) is 6.14. The summed E-state index contributed by atoms with van der Waals surface area (Å²) in [5.74, 6) is -1.16. The van der Waals surface area contributed by atoms with Gasteiger partial charge in [-0.25, -0.2) is 4.79 Å². The Balaban J connectivity index is 1.93. The predicted octanol–water partition coefficient (Wildman–Crippen LogP) is 4.55. The number of nitrogens with one attached hydrogen (secondary N) is 1. The molecule has 0 saturated heterocycles. The van der Waals surface area contributed by atoms with Crippen LogP contribution in [0.3, 0.4) is 0 Å². The Bertz CT molecular complexity index is 722. The summed E-state index contributed by atoms with van der Waals surface area (Å²) in [6.07, 6.45) is 0. The number of ether oxygens (including phenoxy) is 1. The van der Waals surface area contributed by atoms with Gasteiger partial charge < -0.3 is 10.1 Å². The van der Waals surface area contributed by atoms with Gasteiger partial charge in [0.15, 0.2) is 6.61 Å². The van der Waals surface area contributed by atoms with Crippen molar-refractivity contribution in [2.24, 2.45) is 0 Å². The second-order valence-corrected chi connectivity index (χ2v) is 5.96. The van der Waals surface area contributed by atoms with Crippen LogP contribution >= 0.6 is 39.1 Å². The Morgan fingerprint density at radius 2 is 1.82 bits per heavy atom. The standard InChI is InChI=1S/C15H10BrCl2NO3/c16-9-5-6-13(12(18)7-9)19-14(20)8-22-15(21)10-3-1-2-4-11(10)17/h1-7H,8H2,(H,19,20). The van der Waals surface area contributed by atoms with E-state index in [4.69, 9.17) is 27.9 Å². The van der Waals surface area contributed by atoms with Crippen LogP contribution < -0.4 is 5.32 Å². The summed E-state index contributed by atoms with van der Waals surface area (Å²) < 4.78 is 5.71. The lowest BCUT2D eigenvalue weighted by atomic mass is 10.2. The largest absolute Gasteiger partial charge is 0.452 e. The van der Waals surface area contributed by atoms with E-state index < -0.39 is 18.5 Å². The van der Waals surface area contributed by atoms with Crippen LogP contribution in [-0.2, 0) is 9.53 Å². The van der Waals surface area contributed by atoms with Crippen molar-refractivity contribution in [3.8, 4) is 0 Å². The molecule has 2 rings (SSSR count). The van der Waals surface area contributed by atoms with Gasteiger partial charge in [0.2, 0.25) is 0 Å². The smallest absolute Gasteiger partial charge is 0.340 e. The van der Waals surface area contributed by atoms with E-state index in [1.807, 2.05) is 0 Å². The topological polar surface area (TPSA) is 55.4 Å². The number of benzene rings is 2. The highest BCUT2D eigenvalue weighted by Crippen LogP contribution is 2.25. The molecule has 0 heterocycles. The average molecular weight is 403 g/mol. The molecule has 0 aliphatic heterocycles. The summed E-state index contributed by atoms with van der Waals surface area (Å²) in [5.41, 5.74) is 0.641. The maximum Gasteiger partial charge on any atom is 0.340 e. The highest BCUT2D eigenvalue weighted by molar-refractivity contribution is 9.10. The van der Waals surface area contributed by atoms with E-state index in [1.165, 1.54) is 6.07 Å². The van der Waals surface area contributed by atoms with Gasteiger partial charge in [0.05, 0.1) is 21.3 Å². The molecule has 0 aromatic heterocycles. The summed E-state index contributed by atoms with van der Waals surface area (Å²) in [6.45, 7) is -0.434. The highest BCUT2D eigenvalue weighted by atomic mass is 79.9. The molecule has 0 saturated carbocycles. The minimum absolute atomic E-state index is 0.207. The molecule has 2 aromatic rings. The van der Waals surface area contributed by atoms with Crippen LogP contribution in [-0.4, -0.2) is 18.5 Å². The zero-order chi connectivity index (χ0) is 16.1. The fourth-order valence-electron chi connectivity index (χ4n) is 1.61. The lowest BCUT2D eigenvalue weighted by Crippen LogP contribution is -2.21. The highest BCUT2D eigenvalue weighted by Gasteiger charge is 2.13. The number of esters is 1. The summed E-state index contributed by atoms with van der Waals surface area (Å²) in [5, 5.41) is 3.20. The summed E-state index contributed by atoms with van der Waals surface area (Å²) >= 11 is 15.1. The molecular formula is C15H10BrCl2NO3. The third kappa shape index (κ3) is 4.47. The molecule has 7 heteroatoms. The molecule has 0 atom stereocenters. The molecule has 1 amide bonds. The molecule has 0 spiro atoms. The van der Waals surface area contributed by atoms with Crippen LogP contribution in [0.1, 0.15) is 10.4 Å². The van der Waals surface area contributed by atoms with Crippen molar-refractivity contribution in [2.75, 3.05) is 11.9 Å². The summed E-state index contributed by atoms with van der Waals surface area (Å²) in [7, 11) is 0. The quantitative estimate of drug-likeness (QED) is 0.763. The monoisotopic (exact) mass is 401 g/mol. The van der Waals surface area contributed by atoms with E-state index in [0.717, 1.165) is 4.47 Å². The molecule has 0 fully saturated rings. The maximum absolute atomic E-state index is 11.8. The molecule has 0 bridgehead atoms. The second-order valence-electron chi connectivity index (χ2n) is 4.23. The van der Waals surface area contributed by atoms with Crippen molar-refractivity contribution < 1.29 is 14.3 Å². The fourth-order valence-corrected chi connectivity index (χ4v) is 2.55. The molecule has 0 aliphatic rings. The van der Waals surface area contributed by atoms with Crippen molar-refractivity contribution >= 4 is 56.7 Å². The maximum atomic E-state index is 11.8. The molecule has 2 aromatic carbocycles. The van der Waals surface area contributed by atoms with Crippen LogP contribution in [0.2, 0.25) is 10.0 Å². The molecular weight excluding hydrogens is 393 g/mol. The van der Waals surface area contributed by atoms with E-state index in [-0.39, 0.29) is 10.6 Å². The Morgan fingerprint density at radius 3 is 2.50 bits per heavy atom. The SMILES string of the molecule is O=C(COC(=O)c1ccccc1Cl)Nc1ccc(Br)cc1Cl. The van der Waals surface area contributed by atoms with Crippen LogP contribution in [0.15, 0.2) is 46.9 Å². The van der Waals surface area contributed by atoms with Gasteiger partial charge in [-0.2, -0.15) is 0 Å². The van der Waals surface area contributed by atoms with Gasteiger partial charge in [-0.05, 0) is 30.3 Å². The third-order valence-electron chi connectivity index (χ3n) is 2.63. The van der Waals surface area contributed by atoms with Crippen LogP contribution in [0, 0.1) is 0 Å². The number of hydrogen-bond donors (Lipinski definition) is 1. The van der Waals surface area contributed by atoms with Crippen molar-refractivity contribution in [1.29, 1.82) is 0 Å². The second kappa shape index (κ2) is 7.63. The molecule has 114 valence electrons. The Morgan fingerprint density at radius 1 is 1.09 bits per heavy atom. The molecule has 0 aliphatic carbocycles. The number of carbonyl (C=O) groups is 2. The zero-order valence-corrected chi connectivity index (χ0v) is 14.2. The summed E-state index contributed by atoms with van der Waals surface area (Å²) in [6, 6.07) is 11.5. The van der Waals surface area contributed by atoms with E-state index in [2.05, 4.69) is 21.2 Å². The average Bonchev–Trinajstić information content (AvgIpc) is 2.48. The minimum atomic E-state index is -0.664. The Labute approximate surface area is 145 Å². The van der Waals surface area contributed by atoms with E-state index >= 15 is 0 Å². The van der Waals surface area contributed by atoms with Gasteiger partial charge in [-0.15, -0.1) is 0 Å². The lowest BCUT2D eigenvalue weighted by molar-refractivity contribution is -0.119. The number of hydrogen-bond acceptors (Lipinski definition) is 3. The number of halogens is 3. The molecule has 22 heavy (non-hydrogen) atoms. The van der Waals surface area contributed by atoms with E-state index in [0.29, 0.717) is 10.7 Å². The first-order valence-corrected chi connectivity index (χ1v) is 7.69. The van der Waals surface area contributed by atoms with Crippen LogP contribution in [0.5, 0.6) is 0 Å². The predicted molar refractivity (Wildman–Crippen MR) is 89.5 cm³/mol.